The summed E-state index contributed by atoms with van der Waals surface area (Å²) in [6, 6.07) is 13.4. The molecule has 5 aliphatic rings. The summed E-state index contributed by atoms with van der Waals surface area (Å²) in [5.41, 5.74) is 3.71. The first-order chi connectivity index (χ1) is 30.9. The number of pyridine rings is 2. The van der Waals surface area contributed by atoms with Crippen molar-refractivity contribution < 1.29 is 33.5 Å². The molecule has 6 amide bonds. The third-order valence-corrected chi connectivity index (χ3v) is 13.6. The standard InChI is InChI=1S/C45H42Cl2N10O7/c1-24(38-30(46)17-48-18-31(38)47)64-27-6-7-32-29(15-27)40(53-52-32)26-5-9-35(50-16-26)55-20-45(21-55)22-56(23-45)42(61)25-11-13-54(14-12-25)37(59)19-49-33-4-2-3-28-39(33)44(63)57(43(28)62)34-8-10-36(58)51-41(34)60/h2-7,9,15-18,24-25,34,49H,8,10-14,19-23H2,1H3,(H,52,53)(H,51,58,60)/t24-,34?/m1/s1. The van der Waals surface area contributed by atoms with Crippen LogP contribution in [0, 0.1) is 11.3 Å². The molecule has 5 aliphatic heterocycles. The van der Waals surface area contributed by atoms with Crippen molar-refractivity contribution in [1.29, 1.82) is 0 Å². The lowest BCUT2D eigenvalue weighted by Gasteiger charge is -2.61. The summed E-state index contributed by atoms with van der Waals surface area (Å²) in [6.45, 7) is 5.61. The van der Waals surface area contributed by atoms with E-state index in [1.165, 1.54) is 6.07 Å². The fraction of sp³-hybridized carbons (Fsp3) is 0.356. The maximum absolute atomic E-state index is 13.5. The Morgan fingerprint density at radius 1 is 0.922 bits per heavy atom. The fourth-order valence-corrected chi connectivity index (χ4v) is 10.4. The van der Waals surface area contributed by atoms with E-state index < -0.39 is 35.8 Å². The topological polar surface area (TPSA) is 203 Å². The first-order valence-corrected chi connectivity index (χ1v) is 21.9. The normalized spacial score (nSPS) is 20.0. The Hall–Kier alpha value is -6.59. The van der Waals surface area contributed by atoms with Crippen LogP contribution >= 0.6 is 23.2 Å². The van der Waals surface area contributed by atoms with Crippen molar-refractivity contribution in [3.05, 3.63) is 93.9 Å². The number of rotatable bonds is 10. The predicted molar refractivity (Wildman–Crippen MR) is 235 cm³/mol. The van der Waals surface area contributed by atoms with Gasteiger partial charge in [0.25, 0.3) is 11.8 Å². The van der Waals surface area contributed by atoms with Gasteiger partial charge in [0.1, 0.15) is 29.4 Å². The van der Waals surface area contributed by atoms with E-state index in [1.807, 2.05) is 48.4 Å². The lowest BCUT2D eigenvalue weighted by Crippen LogP contribution is -2.73. The van der Waals surface area contributed by atoms with E-state index in [0.717, 1.165) is 46.0 Å². The van der Waals surface area contributed by atoms with Gasteiger partial charge in [-0.1, -0.05) is 29.3 Å². The molecule has 17 nitrogen and oxygen atoms in total. The smallest absolute Gasteiger partial charge is 0.264 e. The molecule has 5 aromatic rings. The highest BCUT2D eigenvalue weighted by atomic mass is 35.5. The van der Waals surface area contributed by atoms with Crippen LogP contribution in [0.5, 0.6) is 5.75 Å². The van der Waals surface area contributed by atoms with Crippen molar-refractivity contribution in [2.45, 2.75) is 44.8 Å². The molecule has 4 saturated heterocycles. The molecule has 4 fully saturated rings. The maximum atomic E-state index is 13.5. The molecule has 0 aliphatic carbocycles. The molecule has 0 radical (unpaired) electrons. The molecule has 3 N–H and O–H groups in total. The number of amides is 6. The van der Waals surface area contributed by atoms with Gasteiger partial charge in [-0.3, -0.25) is 49.1 Å². The fourth-order valence-electron chi connectivity index (χ4n) is 9.70. The molecular weight excluding hydrogens is 863 g/mol. The summed E-state index contributed by atoms with van der Waals surface area (Å²) in [4.78, 5) is 93.2. The number of nitrogens with zero attached hydrogens (tertiary/aromatic N) is 7. The molecule has 10 rings (SSSR count). The number of anilines is 2. The number of aromatic nitrogens is 4. The first kappa shape index (κ1) is 41.4. The van der Waals surface area contributed by atoms with Gasteiger partial charge in [-0.25, -0.2) is 4.98 Å². The van der Waals surface area contributed by atoms with E-state index in [4.69, 9.17) is 32.9 Å². The first-order valence-electron chi connectivity index (χ1n) is 21.2. The summed E-state index contributed by atoms with van der Waals surface area (Å²) in [5, 5.41) is 14.6. The lowest BCUT2D eigenvalue weighted by molar-refractivity contribution is -0.152. The molecule has 8 heterocycles. The summed E-state index contributed by atoms with van der Waals surface area (Å²) in [6.07, 6.45) is 5.67. The zero-order chi connectivity index (χ0) is 44.4. The van der Waals surface area contributed by atoms with Gasteiger partial charge in [0.2, 0.25) is 23.6 Å². The Bertz CT molecular complexity index is 2740. The van der Waals surface area contributed by atoms with Crippen LogP contribution in [0.1, 0.15) is 65.0 Å². The summed E-state index contributed by atoms with van der Waals surface area (Å²) in [7, 11) is 0. The second-order valence-corrected chi connectivity index (χ2v) is 18.0. The minimum atomic E-state index is -1.08. The van der Waals surface area contributed by atoms with Crippen LogP contribution in [0.3, 0.4) is 0 Å². The number of halogens is 2. The van der Waals surface area contributed by atoms with Crippen molar-refractivity contribution >= 4 is 81.1 Å². The summed E-state index contributed by atoms with van der Waals surface area (Å²) >= 11 is 12.7. The Morgan fingerprint density at radius 2 is 1.69 bits per heavy atom. The minimum absolute atomic E-state index is 0.0215. The predicted octanol–water partition coefficient (Wildman–Crippen LogP) is 4.87. The van der Waals surface area contributed by atoms with Crippen molar-refractivity contribution in [3.8, 4) is 17.0 Å². The molecule has 1 spiro atoms. The number of H-pyrrole nitrogens is 1. The quantitative estimate of drug-likeness (QED) is 0.161. The van der Waals surface area contributed by atoms with Crippen molar-refractivity contribution in [1.82, 2.24) is 40.2 Å². The van der Waals surface area contributed by atoms with E-state index in [2.05, 4.69) is 30.7 Å². The van der Waals surface area contributed by atoms with Crippen molar-refractivity contribution in [2.24, 2.45) is 11.3 Å². The zero-order valence-corrected chi connectivity index (χ0v) is 36.1. The number of piperidine rings is 2. The van der Waals surface area contributed by atoms with Crippen molar-refractivity contribution in [2.75, 3.05) is 56.0 Å². The van der Waals surface area contributed by atoms with Crippen LogP contribution in [-0.2, 0) is 19.2 Å². The number of imide groups is 2. The molecule has 0 saturated carbocycles. The van der Waals surface area contributed by atoms with E-state index >= 15 is 0 Å². The summed E-state index contributed by atoms with van der Waals surface area (Å²) < 4.78 is 6.23. The molecular formula is C45H42Cl2N10O7. The van der Waals surface area contributed by atoms with E-state index in [1.54, 1.807) is 29.4 Å². The molecule has 64 heavy (non-hydrogen) atoms. The van der Waals surface area contributed by atoms with E-state index in [0.29, 0.717) is 66.1 Å². The van der Waals surface area contributed by atoms with Crippen molar-refractivity contribution in [3.63, 3.8) is 0 Å². The highest BCUT2D eigenvalue weighted by molar-refractivity contribution is 6.35. The van der Waals surface area contributed by atoms with Gasteiger partial charge < -0.3 is 24.8 Å². The number of benzene rings is 2. The monoisotopic (exact) mass is 904 g/mol. The molecule has 1 unspecified atom stereocenters. The largest absolute Gasteiger partial charge is 0.486 e. The highest BCUT2D eigenvalue weighted by Gasteiger charge is 2.54. The van der Waals surface area contributed by atoms with Crippen LogP contribution in [-0.4, -0.2) is 122 Å². The van der Waals surface area contributed by atoms with Crippen LogP contribution in [0.25, 0.3) is 22.2 Å². The number of likely N-dealkylation sites (tertiary alicyclic amines) is 2. The molecule has 19 heteroatoms. The van der Waals surface area contributed by atoms with Gasteiger partial charge >= 0.3 is 0 Å². The number of nitrogens with one attached hydrogen (secondary N) is 3. The Morgan fingerprint density at radius 3 is 2.41 bits per heavy atom. The molecule has 3 aromatic heterocycles. The van der Waals surface area contributed by atoms with E-state index in [9.17, 15) is 28.8 Å². The van der Waals surface area contributed by atoms with Gasteiger partial charge in [-0.2, -0.15) is 5.10 Å². The second kappa shape index (κ2) is 16.2. The number of hydrogen-bond donors (Lipinski definition) is 3. The highest BCUT2D eigenvalue weighted by Crippen LogP contribution is 2.43. The Balaban J connectivity index is 0.685. The third kappa shape index (κ3) is 7.35. The van der Waals surface area contributed by atoms with Crippen LogP contribution in [0.15, 0.2) is 67.1 Å². The molecule has 0 bridgehead atoms. The van der Waals surface area contributed by atoms with Crippen LogP contribution < -0.4 is 20.3 Å². The molecule has 328 valence electrons. The van der Waals surface area contributed by atoms with Gasteiger partial charge in [0.05, 0.1) is 33.2 Å². The number of carbonyl (C=O) groups is 6. The Labute approximate surface area is 376 Å². The molecule has 2 atom stereocenters. The maximum Gasteiger partial charge on any atom is 0.264 e. The van der Waals surface area contributed by atoms with Crippen LogP contribution in [0.2, 0.25) is 10.0 Å². The van der Waals surface area contributed by atoms with Gasteiger partial charge in [0.15, 0.2) is 0 Å². The minimum Gasteiger partial charge on any atom is -0.486 e. The summed E-state index contributed by atoms with van der Waals surface area (Å²) in [5.74, 6) is -1.13. The van der Waals surface area contributed by atoms with Gasteiger partial charge in [0, 0.05) is 97.8 Å². The van der Waals surface area contributed by atoms with E-state index in [-0.39, 0.29) is 53.7 Å². The number of aromatic amines is 1. The second-order valence-electron chi connectivity index (χ2n) is 17.2. The lowest BCUT2D eigenvalue weighted by atomic mass is 9.72. The molecule has 2 aromatic carbocycles. The zero-order valence-electron chi connectivity index (χ0n) is 34.6. The number of carbonyl (C=O) groups excluding carboxylic acids is 6. The van der Waals surface area contributed by atoms with Gasteiger partial charge in [-0.05, 0) is 68.7 Å². The SMILES string of the molecule is C[C@@H](Oc1ccc2[nH]nc(-c3ccc(N4CC5(CN(C(=O)C6CCN(C(=O)CNc7cccc8c7C(=O)N(C7CCC(=O)NC7=O)C8=O)CC6)C5)C4)nc3)c2c1)c1c(Cl)cncc1Cl. The average Bonchev–Trinajstić information content (AvgIpc) is 3.79. The Kier molecular flexibility index (Phi) is 10.5. The van der Waals surface area contributed by atoms with Crippen LogP contribution in [0.4, 0.5) is 11.5 Å². The van der Waals surface area contributed by atoms with Gasteiger partial charge in [-0.15, -0.1) is 0 Å². The third-order valence-electron chi connectivity index (χ3n) is 13.0. The number of fused-ring (bicyclic) bond motifs is 2. The number of ether oxygens (including phenoxy) is 1. The number of hydrogen-bond acceptors (Lipinski definition) is 12. The average molecular weight is 906 g/mol.